The first kappa shape index (κ1) is 19.7. The van der Waals surface area contributed by atoms with Gasteiger partial charge in [0, 0.05) is 0 Å². The topological polar surface area (TPSA) is 0 Å². The summed E-state index contributed by atoms with van der Waals surface area (Å²) in [5.74, 6) is 0. The van der Waals surface area contributed by atoms with E-state index in [-0.39, 0.29) is 0 Å². The summed E-state index contributed by atoms with van der Waals surface area (Å²) in [4.78, 5) is 0. The molecule has 0 saturated heterocycles. The number of hydrogen-bond donors (Lipinski definition) is 0. The lowest BCUT2D eigenvalue weighted by Gasteiger charge is -2.21. The Hall–Kier alpha value is -0.260. The summed E-state index contributed by atoms with van der Waals surface area (Å²) in [7, 11) is 0. The molecule has 0 atom stereocenters. The van der Waals surface area contributed by atoms with Crippen molar-refractivity contribution < 1.29 is 0 Å². The average molecular weight is 281 g/mol. The maximum Gasteiger partial charge on any atom is -0.0176 e. The van der Waals surface area contributed by atoms with Crippen LogP contribution in [0, 0.1) is 10.8 Å². The minimum atomic E-state index is 0.299. The fraction of sp³-hybridized carbons (Fsp3) is 0.900. The quantitative estimate of drug-likeness (QED) is 0.286. The average Bonchev–Trinajstić information content (AvgIpc) is 2.28. The first-order chi connectivity index (χ1) is 9.13. The van der Waals surface area contributed by atoms with Crippen LogP contribution in [0.3, 0.4) is 0 Å². The Morgan fingerprint density at radius 2 is 1.05 bits per heavy atom. The van der Waals surface area contributed by atoms with Crippen LogP contribution in [-0.2, 0) is 0 Å². The van der Waals surface area contributed by atoms with E-state index in [4.69, 9.17) is 0 Å². The van der Waals surface area contributed by atoms with Gasteiger partial charge in [-0.2, -0.15) is 0 Å². The second-order valence-electron chi connectivity index (χ2n) is 8.74. The SMILES string of the molecule is C=C(CCCCCCCCCCC(C)(C)C)C(C)(C)C. The molecule has 0 heterocycles. The van der Waals surface area contributed by atoms with Crippen LogP contribution in [0.5, 0.6) is 0 Å². The van der Waals surface area contributed by atoms with Gasteiger partial charge in [0.15, 0.2) is 0 Å². The first-order valence-electron chi connectivity index (χ1n) is 8.81. The lowest BCUT2D eigenvalue weighted by atomic mass is 9.84. The molecule has 0 aromatic heterocycles. The van der Waals surface area contributed by atoms with E-state index >= 15 is 0 Å². The summed E-state index contributed by atoms with van der Waals surface area (Å²) in [5.41, 5.74) is 2.24. The second-order valence-corrected chi connectivity index (χ2v) is 8.74. The molecule has 0 heteroatoms. The number of hydrogen-bond acceptors (Lipinski definition) is 0. The van der Waals surface area contributed by atoms with Crippen molar-refractivity contribution in [2.45, 2.75) is 106 Å². The van der Waals surface area contributed by atoms with Crippen molar-refractivity contribution in [3.05, 3.63) is 12.2 Å². The van der Waals surface area contributed by atoms with Gasteiger partial charge in [0.2, 0.25) is 0 Å². The molecule has 0 aromatic carbocycles. The zero-order valence-electron chi connectivity index (χ0n) is 15.3. The van der Waals surface area contributed by atoms with Crippen LogP contribution in [0.2, 0.25) is 0 Å². The summed E-state index contributed by atoms with van der Waals surface area (Å²) in [5, 5.41) is 0. The van der Waals surface area contributed by atoms with Gasteiger partial charge in [0.25, 0.3) is 0 Å². The molecule has 0 unspecified atom stereocenters. The van der Waals surface area contributed by atoms with Crippen molar-refractivity contribution in [1.29, 1.82) is 0 Å². The molecule has 0 bridgehead atoms. The van der Waals surface area contributed by atoms with Crippen molar-refractivity contribution in [3.8, 4) is 0 Å². The van der Waals surface area contributed by atoms with E-state index in [1.54, 1.807) is 0 Å². The Balaban J connectivity index is 3.28. The summed E-state index contributed by atoms with van der Waals surface area (Å²) in [6, 6.07) is 0. The molecule has 0 spiro atoms. The minimum absolute atomic E-state index is 0.299. The van der Waals surface area contributed by atoms with Gasteiger partial charge in [-0.15, -0.1) is 0 Å². The monoisotopic (exact) mass is 280 g/mol. The van der Waals surface area contributed by atoms with Crippen LogP contribution in [0.15, 0.2) is 12.2 Å². The third-order valence-corrected chi connectivity index (χ3v) is 4.22. The van der Waals surface area contributed by atoms with Gasteiger partial charge < -0.3 is 0 Å². The minimum Gasteiger partial charge on any atom is -0.0993 e. The van der Waals surface area contributed by atoms with Crippen molar-refractivity contribution >= 4 is 0 Å². The summed E-state index contributed by atoms with van der Waals surface area (Å²) < 4.78 is 0. The van der Waals surface area contributed by atoms with Gasteiger partial charge in [-0.1, -0.05) is 98.6 Å². The van der Waals surface area contributed by atoms with E-state index in [0.29, 0.717) is 10.8 Å². The molecule has 0 N–H and O–H groups in total. The molecular formula is C20H40. The number of unbranched alkanes of at least 4 members (excludes halogenated alkanes) is 7. The van der Waals surface area contributed by atoms with Crippen LogP contribution in [0.4, 0.5) is 0 Å². The first-order valence-corrected chi connectivity index (χ1v) is 8.81. The van der Waals surface area contributed by atoms with Crippen LogP contribution in [0.1, 0.15) is 106 Å². The van der Waals surface area contributed by atoms with Gasteiger partial charge in [-0.05, 0) is 30.1 Å². The molecule has 120 valence electrons. The molecule has 0 rings (SSSR count). The molecule has 0 aliphatic rings. The highest BCUT2D eigenvalue weighted by molar-refractivity contribution is 5.04. The number of allylic oxidation sites excluding steroid dienone is 1. The van der Waals surface area contributed by atoms with E-state index in [2.05, 4.69) is 48.1 Å². The van der Waals surface area contributed by atoms with Crippen LogP contribution >= 0.6 is 0 Å². The molecule has 0 fully saturated rings. The molecule has 0 aliphatic carbocycles. The Bertz CT molecular complexity index is 246. The van der Waals surface area contributed by atoms with Crippen molar-refractivity contribution in [2.24, 2.45) is 10.8 Å². The van der Waals surface area contributed by atoms with E-state index in [9.17, 15) is 0 Å². The second kappa shape index (κ2) is 9.64. The van der Waals surface area contributed by atoms with Crippen LogP contribution < -0.4 is 0 Å². The molecular weight excluding hydrogens is 240 g/mol. The zero-order chi connectivity index (χ0) is 15.6. The van der Waals surface area contributed by atoms with Gasteiger partial charge in [0.05, 0.1) is 0 Å². The van der Waals surface area contributed by atoms with Crippen molar-refractivity contribution in [1.82, 2.24) is 0 Å². The van der Waals surface area contributed by atoms with Gasteiger partial charge in [-0.25, -0.2) is 0 Å². The molecule has 0 radical (unpaired) electrons. The maximum absolute atomic E-state index is 4.21. The Labute approximate surface area is 129 Å². The largest absolute Gasteiger partial charge is 0.0993 e. The maximum atomic E-state index is 4.21. The van der Waals surface area contributed by atoms with E-state index < -0.39 is 0 Å². The van der Waals surface area contributed by atoms with Crippen molar-refractivity contribution in [2.75, 3.05) is 0 Å². The molecule has 0 aromatic rings. The van der Waals surface area contributed by atoms with Crippen LogP contribution in [-0.4, -0.2) is 0 Å². The summed E-state index contributed by atoms with van der Waals surface area (Å²) >= 11 is 0. The third-order valence-electron chi connectivity index (χ3n) is 4.22. The zero-order valence-corrected chi connectivity index (χ0v) is 15.3. The van der Waals surface area contributed by atoms with Crippen molar-refractivity contribution in [3.63, 3.8) is 0 Å². The highest BCUT2D eigenvalue weighted by Crippen LogP contribution is 2.28. The van der Waals surface area contributed by atoms with Gasteiger partial charge in [0.1, 0.15) is 0 Å². The van der Waals surface area contributed by atoms with Gasteiger partial charge in [-0.3, -0.25) is 0 Å². The Morgan fingerprint density at radius 3 is 1.45 bits per heavy atom. The summed E-state index contributed by atoms with van der Waals surface area (Å²) in [6.45, 7) is 18.1. The summed E-state index contributed by atoms with van der Waals surface area (Å²) in [6.07, 6.45) is 13.9. The lowest BCUT2D eigenvalue weighted by molar-refractivity contribution is 0.356. The van der Waals surface area contributed by atoms with E-state index in [1.807, 2.05) is 0 Å². The number of rotatable bonds is 10. The molecule has 0 saturated carbocycles. The fourth-order valence-corrected chi connectivity index (χ4v) is 2.43. The van der Waals surface area contributed by atoms with E-state index in [1.165, 1.54) is 69.8 Å². The lowest BCUT2D eigenvalue weighted by Crippen LogP contribution is -2.07. The van der Waals surface area contributed by atoms with Crippen LogP contribution in [0.25, 0.3) is 0 Å². The standard InChI is InChI=1S/C20H40/c1-18(20(5,6)7)16-14-12-10-8-9-11-13-15-17-19(2,3)4/h1,8-17H2,2-7H3. The molecule has 0 nitrogen and oxygen atoms in total. The smallest absolute Gasteiger partial charge is 0.0176 e. The molecule has 0 aliphatic heterocycles. The fourth-order valence-electron chi connectivity index (χ4n) is 2.43. The Morgan fingerprint density at radius 1 is 0.650 bits per heavy atom. The van der Waals surface area contributed by atoms with E-state index in [0.717, 1.165) is 0 Å². The normalized spacial score (nSPS) is 12.7. The van der Waals surface area contributed by atoms with Gasteiger partial charge >= 0.3 is 0 Å². The Kier molecular flexibility index (Phi) is 9.51. The third kappa shape index (κ3) is 12.8. The highest BCUT2D eigenvalue weighted by atomic mass is 14.2. The highest BCUT2D eigenvalue weighted by Gasteiger charge is 2.13. The molecule has 0 amide bonds. The predicted octanol–water partition coefficient (Wildman–Crippen LogP) is 7.54. The molecule has 20 heavy (non-hydrogen) atoms. The predicted molar refractivity (Wildman–Crippen MR) is 94.2 cm³/mol.